The molecule has 0 fully saturated rings. The lowest BCUT2D eigenvalue weighted by molar-refractivity contribution is -0.146. The van der Waals surface area contributed by atoms with Gasteiger partial charge in [-0.1, -0.05) is 12.1 Å². The molecule has 1 N–H and O–H groups in total. The van der Waals surface area contributed by atoms with Gasteiger partial charge in [0, 0.05) is 6.42 Å². The Morgan fingerprint density at radius 3 is 2.75 bits per heavy atom. The fraction of sp³-hybridized carbons (Fsp3) is 0.267. The molecule has 20 heavy (non-hydrogen) atoms. The number of aromatic hydroxyl groups is 1. The normalized spacial score (nSPS) is 11.8. The third-order valence-corrected chi connectivity index (χ3v) is 2.87. The summed E-state index contributed by atoms with van der Waals surface area (Å²) in [6.07, 6.45) is 1.93. The first-order valence-electron chi connectivity index (χ1n) is 6.21. The number of carbonyl (C=O) groups is 1. The molecule has 0 aliphatic heterocycles. The summed E-state index contributed by atoms with van der Waals surface area (Å²) in [5.74, 6) is 0.179. The second-order valence-electron chi connectivity index (χ2n) is 4.28. The minimum Gasteiger partial charge on any atom is -0.504 e. The van der Waals surface area contributed by atoms with Crippen LogP contribution in [0.25, 0.3) is 0 Å². The Morgan fingerprint density at radius 2 is 2.10 bits per heavy atom. The van der Waals surface area contributed by atoms with Gasteiger partial charge >= 0.3 is 5.97 Å². The number of esters is 1. The SMILES string of the molecule is COC(=O)C(COc1ccccc1O)Cc1ccco1. The van der Waals surface area contributed by atoms with Crippen LogP contribution in [0.5, 0.6) is 11.5 Å². The van der Waals surface area contributed by atoms with Crippen LogP contribution >= 0.6 is 0 Å². The van der Waals surface area contributed by atoms with Crippen LogP contribution in [-0.4, -0.2) is 24.8 Å². The van der Waals surface area contributed by atoms with Crippen LogP contribution in [0.3, 0.4) is 0 Å². The van der Waals surface area contributed by atoms with E-state index in [2.05, 4.69) is 0 Å². The number of para-hydroxylation sites is 2. The Hall–Kier alpha value is -2.43. The Bertz CT molecular complexity index is 547. The Morgan fingerprint density at radius 1 is 1.30 bits per heavy atom. The molecule has 0 radical (unpaired) electrons. The van der Waals surface area contributed by atoms with Crippen molar-refractivity contribution in [1.29, 1.82) is 0 Å². The summed E-state index contributed by atoms with van der Waals surface area (Å²) in [5, 5.41) is 9.62. The second kappa shape index (κ2) is 6.65. The first-order valence-corrected chi connectivity index (χ1v) is 6.21. The second-order valence-corrected chi connectivity index (χ2v) is 4.28. The van der Waals surface area contributed by atoms with Crippen LogP contribution in [0, 0.1) is 5.92 Å². The summed E-state index contributed by atoms with van der Waals surface area (Å²) in [6, 6.07) is 10.1. The molecule has 0 amide bonds. The van der Waals surface area contributed by atoms with Gasteiger partial charge in [-0.2, -0.15) is 0 Å². The Labute approximate surface area is 116 Å². The molecule has 0 aliphatic rings. The van der Waals surface area contributed by atoms with Crippen LogP contribution in [0.4, 0.5) is 0 Å². The molecule has 5 heteroatoms. The van der Waals surface area contributed by atoms with E-state index in [1.165, 1.54) is 13.2 Å². The zero-order valence-corrected chi connectivity index (χ0v) is 11.1. The molecule has 2 rings (SSSR count). The minimum absolute atomic E-state index is 0.0362. The zero-order chi connectivity index (χ0) is 14.4. The lowest BCUT2D eigenvalue weighted by Gasteiger charge is -2.15. The van der Waals surface area contributed by atoms with E-state index in [1.54, 1.807) is 36.6 Å². The van der Waals surface area contributed by atoms with E-state index in [4.69, 9.17) is 13.9 Å². The van der Waals surface area contributed by atoms with Gasteiger partial charge in [-0.05, 0) is 24.3 Å². The van der Waals surface area contributed by atoms with E-state index in [9.17, 15) is 9.90 Å². The summed E-state index contributed by atoms with van der Waals surface area (Å²) < 4.78 is 15.5. The van der Waals surface area contributed by atoms with Crippen molar-refractivity contribution < 1.29 is 23.8 Å². The molecule has 0 saturated heterocycles. The monoisotopic (exact) mass is 276 g/mol. The molecule has 0 bridgehead atoms. The van der Waals surface area contributed by atoms with E-state index < -0.39 is 5.92 Å². The van der Waals surface area contributed by atoms with E-state index in [1.807, 2.05) is 0 Å². The highest BCUT2D eigenvalue weighted by atomic mass is 16.5. The fourth-order valence-electron chi connectivity index (χ4n) is 1.82. The molecule has 1 aromatic carbocycles. The molecule has 2 aromatic rings. The van der Waals surface area contributed by atoms with Crippen molar-refractivity contribution in [3.63, 3.8) is 0 Å². The average Bonchev–Trinajstić information content (AvgIpc) is 2.97. The number of rotatable bonds is 6. The zero-order valence-electron chi connectivity index (χ0n) is 11.1. The van der Waals surface area contributed by atoms with Gasteiger partial charge in [-0.15, -0.1) is 0 Å². The van der Waals surface area contributed by atoms with Crippen molar-refractivity contribution in [3.05, 3.63) is 48.4 Å². The molecular formula is C15H16O5. The molecule has 106 valence electrons. The number of benzene rings is 1. The number of hydrogen-bond acceptors (Lipinski definition) is 5. The lowest BCUT2D eigenvalue weighted by Crippen LogP contribution is -2.25. The predicted molar refractivity (Wildman–Crippen MR) is 71.5 cm³/mol. The molecule has 1 unspecified atom stereocenters. The summed E-state index contributed by atoms with van der Waals surface area (Å²) >= 11 is 0. The van der Waals surface area contributed by atoms with Crippen molar-refractivity contribution in [2.45, 2.75) is 6.42 Å². The largest absolute Gasteiger partial charge is 0.504 e. The van der Waals surface area contributed by atoms with E-state index in [-0.39, 0.29) is 18.3 Å². The topological polar surface area (TPSA) is 68.9 Å². The number of phenolic OH excluding ortho intramolecular Hbond substituents is 1. The maximum Gasteiger partial charge on any atom is 0.312 e. The Kier molecular flexibility index (Phi) is 4.65. The standard InChI is InChI=1S/C15H16O5/c1-18-15(17)11(9-12-5-4-8-19-12)10-20-14-7-3-2-6-13(14)16/h2-8,11,16H,9-10H2,1H3. The number of ether oxygens (including phenoxy) is 2. The highest BCUT2D eigenvalue weighted by molar-refractivity contribution is 5.72. The third-order valence-electron chi connectivity index (χ3n) is 2.87. The summed E-state index contributed by atoms with van der Waals surface area (Å²) in [7, 11) is 1.33. The summed E-state index contributed by atoms with van der Waals surface area (Å²) in [5.41, 5.74) is 0. The number of furan rings is 1. The van der Waals surface area contributed by atoms with Crippen molar-refractivity contribution in [3.8, 4) is 11.5 Å². The molecule has 5 nitrogen and oxygen atoms in total. The van der Waals surface area contributed by atoms with Gasteiger partial charge in [-0.25, -0.2) is 0 Å². The third kappa shape index (κ3) is 3.54. The molecule has 0 aliphatic carbocycles. The predicted octanol–water partition coefficient (Wildman–Crippen LogP) is 2.40. The quantitative estimate of drug-likeness (QED) is 0.820. The van der Waals surface area contributed by atoms with Gasteiger partial charge in [-0.3, -0.25) is 4.79 Å². The van der Waals surface area contributed by atoms with Gasteiger partial charge in [0.1, 0.15) is 12.4 Å². The number of methoxy groups -OCH3 is 1. The summed E-state index contributed by atoms with van der Waals surface area (Å²) in [6.45, 7) is 0.102. The molecule has 1 heterocycles. The van der Waals surface area contributed by atoms with Crippen molar-refractivity contribution in [2.24, 2.45) is 5.92 Å². The van der Waals surface area contributed by atoms with Gasteiger partial charge in [0.2, 0.25) is 0 Å². The molecule has 0 spiro atoms. The maximum atomic E-state index is 11.7. The van der Waals surface area contributed by atoms with Crippen molar-refractivity contribution in [2.75, 3.05) is 13.7 Å². The Balaban J connectivity index is 2.01. The van der Waals surface area contributed by atoms with Crippen molar-refractivity contribution >= 4 is 5.97 Å². The highest BCUT2D eigenvalue weighted by Crippen LogP contribution is 2.25. The fourth-order valence-corrected chi connectivity index (χ4v) is 1.82. The molecule has 1 aromatic heterocycles. The van der Waals surface area contributed by atoms with Gasteiger partial charge < -0.3 is 19.0 Å². The average molecular weight is 276 g/mol. The minimum atomic E-state index is -0.495. The summed E-state index contributed by atoms with van der Waals surface area (Å²) in [4.78, 5) is 11.7. The highest BCUT2D eigenvalue weighted by Gasteiger charge is 2.22. The first-order chi connectivity index (χ1) is 9.70. The van der Waals surface area contributed by atoms with Gasteiger partial charge in [0.15, 0.2) is 11.5 Å². The van der Waals surface area contributed by atoms with E-state index in [0.717, 1.165) is 0 Å². The maximum absolute atomic E-state index is 11.7. The van der Waals surface area contributed by atoms with E-state index in [0.29, 0.717) is 17.9 Å². The number of hydrogen-bond donors (Lipinski definition) is 1. The number of carbonyl (C=O) groups excluding carboxylic acids is 1. The van der Waals surface area contributed by atoms with Crippen LogP contribution in [0.1, 0.15) is 5.76 Å². The van der Waals surface area contributed by atoms with Gasteiger partial charge in [0.05, 0.1) is 19.3 Å². The molecule has 1 atom stereocenters. The molecule has 0 saturated carbocycles. The van der Waals surface area contributed by atoms with Crippen LogP contribution in [0.2, 0.25) is 0 Å². The van der Waals surface area contributed by atoms with Crippen molar-refractivity contribution in [1.82, 2.24) is 0 Å². The smallest absolute Gasteiger partial charge is 0.312 e. The van der Waals surface area contributed by atoms with E-state index >= 15 is 0 Å². The lowest BCUT2D eigenvalue weighted by atomic mass is 10.1. The first kappa shape index (κ1) is 14.0. The van der Waals surface area contributed by atoms with Crippen LogP contribution in [-0.2, 0) is 16.0 Å². The van der Waals surface area contributed by atoms with Crippen LogP contribution in [0.15, 0.2) is 47.1 Å². The van der Waals surface area contributed by atoms with Crippen LogP contribution < -0.4 is 4.74 Å². The number of phenols is 1. The van der Waals surface area contributed by atoms with Gasteiger partial charge in [0.25, 0.3) is 0 Å². The molecular weight excluding hydrogens is 260 g/mol.